The molecule has 1 amide bonds. The summed E-state index contributed by atoms with van der Waals surface area (Å²) < 4.78 is 4.67. The zero-order valence-electron chi connectivity index (χ0n) is 12.5. The Morgan fingerprint density at radius 3 is 2.43 bits per heavy atom. The van der Waals surface area contributed by atoms with Crippen LogP contribution in [0.15, 0.2) is 30.3 Å². The van der Waals surface area contributed by atoms with Crippen LogP contribution in [0.5, 0.6) is 5.75 Å². The van der Waals surface area contributed by atoms with Crippen molar-refractivity contribution in [2.24, 2.45) is 11.3 Å². The Labute approximate surface area is 136 Å². The third kappa shape index (κ3) is 2.86. The zero-order valence-corrected chi connectivity index (χ0v) is 14.0. The number of hydrogen-bond donors (Lipinski definition) is 1. The Kier molecular flexibility index (Phi) is 4.74. The number of halogens is 2. The van der Waals surface area contributed by atoms with Gasteiger partial charge >= 0.3 is 0 Å². The van der Waals surface area contributed by atoms with Gasteiger partial charge in [0.2, 0.25) is 5.91 Å². The van der Waals surface area contributed by atoms with Crippen molar-refractivity contribution < 1.29 is 9.53 Å². The number of para-hydroxylation sites is 1. The summed E-state index contributed by atoms with van der Waals surface area (Å²) >= 11 is 12.5. The predicted octanol–water partition coefficient (Wildman–Crippen LogP) is 3.79. The van der Waals surface area contributed by atoms with E-state index in [0.29, 0.717) is 13.0 Å². The van der Waals surface area contributed by atoms with Gasteiger partial charge in [-0.2, -0.15) is 0 Å². The smallest absolute Gasteiger partial charge is 0.229 e. The van der Waals surface area contributed by atoms with Crippen LogP contribution in [0.3, 0.4) is 0 Å². The van der Waals surface area contributed by atoms with Crippen LogP contribution < -0.4 is 10.1 Å². The fourth-order valence-electron chi connectivity index (χ4n) is 2.82. The maximum atomic E-state index is 12.5. The van der Waals surface area contributed by atoms with Crippen molar-refractivity contribution in [1.29, 1.82) is 0 Å². The van der Waals surface area contributed by atoms with Gasteiger partial charge in [0.05, 0.1) is 11.5 Å². The Bertz CT molecular complexity index is 506. The molecule has 116 valence electrons. The lowest BCUT2D eigenvalue weighted by molar-refractivity contribution is -0.127. The minimum atomic E-state index is -0.966. The molecule has 1 aliphatic rings. The molecule has 0 aromatic heterocycles. The van der Waals surface area contributed by atoms with Crippen LogP contribution in [0.4, 0.5) is 0 Å². The van der Waals surface area contributed by atoms with Crippen molar-refractivity contribution >= 4 is 29.1 Å². The van der Waals surface area contributed by atoms with E-state index in [-0.39, 0.29) is 17.9 Å². The molecular weight excluding hydrogens is 309 g/mol. The van der Waals surface area contributed by atoms with E-state index in [1.165, 1.54) is 0 Å². The van der Waals surface area contributed by atoms with E-state index in [4.69, 9.17) is 27.9 Å². The Balaban J connectivity index is 1.88. The number of benzene rings is 1. The molecule has 1 fully saturated rings. The number of carbonyl (C=O) groups is 1. The Hall–Kier alpha value is -0.930. The van der Waals surface area contributed by atoms with E-state index in [0.717, 1.165) is 5.75 Å². The summed E-state index contributed by atoms with van der Waals surface area (Å²) in [4.78, 5) is 12.5. The first-order valence-electron chi connectivity index (χ1n) is 7.23. The van der Waals surface area contributed by atoms with E-state index in [9.17, 15) is 4.79 Å². The lowest BCUT2D eigenvalue weighted by Gasteiger charge is -2.20. The second-order valence-electron chi connectivity index (χ2n) is 5.67. The first kappa shape index (κ1) is 16.4. The van der Waals surface area contributed by atoms with E-state index >= 15 is 0 Å². The molecule has 0 saturated heterocycles. The van der Waals surface area contributed by atoms with Gasteiger partial charge in [-0.25, -0.2) is 0 Å². The molecule has 0 aliphatic heterocycles. The average molecular weight is 330 g/mol. The minimum absolute atomic E-state index is 0.0411. The van der Waals surface area contributed by atoms with Gasteiger partial charge in [-0.1, -0.05) is 32.0 Å². The minimum Gasteiger partial charge on any atom is -0.491 e. The van der Waals surface area contributed by atoms with Gasteiger partial charge in [-0.05, 0) is 25.5 Å². The number of carbonyl (C=O) groups excluding carboxylic acids is 1. The average Bonchev–Trinajstić information content (AvgIpc) is 2.91. The Morgan fingerprint density at radius 1 is 1.38 bits per heavy atom. The summed E-state index contributed by atoms with van der Waals surface area (Å²) in [7, 11) is 0. The molecule has 1 aliphatic carbocycles. The third-order valence-corrected chi connectivity index (χ3v) is 5.71. The van der Waals surface area contributed by atoms with E-state index < -0.39 is 9.75 Å². The molecule has 0 radical (unpaired) electrons. The number of amides is 1. The highest BCUT2D eigenvalue weighted by atomic mass is 35.5. The monoisotopic (exact) mass is 329 g/mol. The number of rotatable bonds is 6. The molecule has 1 aromatic rings. The van der Waals surface area contributed by atoms with Crippen LogP contribution in [-0.2, 0) is 4.79 Å². The number of alkyl halides is 2. The maximum absolute atomic E-state index is 12.5. The molecule has 1 aromatic carbocycles. The van der Waals surface area contributed by atoms with Gasteiger partial charge in [0.25, 0.3) is 0 Å². The maximum Gasteiger partial charge on any atom is 0.229 e. The quantitative estimate of drug-likeness (QED) is 0.806. The third-order valence-electron chi connectivity index (χ3n) is 4.38. The number of ether oxygens (including phenoxy) is 1. The van der Waals surface area contributed by atoms with Gasteiger partial charge in [0, 0.05) is 5.92 Å². The molecule has 3 nitrogen and oxygen atoms in total. The first-order chi connectivity index (χ1) is 9.86. The van der Waals surface area contributed by atoms with Crippen molar-refractivity contribution in [2.45, 2.75) is 37.6 Å². The van der Waals surface area contributed by atoms with Gasteiger partial charge in [-0.3, -0.25) is 4.79 Å². The summed E-state index contributed by atoms with van der Waals surface area (Å²) in [5.74, 6) is 0.653. The topological polar surface area (TPSA) is 38.3 Å². The van der Waals surface area contributed by atoms with Crippen molar-refractivity contribution in [3.05, 3.63) is 30.3 Å². The summed E-state index contributed by atoms with van der Waals surface area (Å²) in [6.07, 6.45) is 0.624. The van der Waals surface area contributed by atoms with Gasteiger partial charge in [-0.15, -0.1) is 23.2 Å². The molecule has 1 saturated carbocycles. The lowest BCUT2D eigenvalue weighted by Crippen LogP contribution is -2.43. The molecule has 2 rings (SSSR count). The van der Waals surface area contributed by atoms with E-state index in [1.54, 1.807) is 0 Å². The summed E-state index contributed by atoms with van der Waals surface area (Å²) in [5.41, 5.74) is -0.683. The molecule has 0 heterocycles. The molecule has 0 unspecified atom stereocenters. The molecule has 1 N–H and O–H groups in total. The second kappa shape index (κ2) is 6.05. The number of nitrogens with one attached hydrogen (secondary N) is 1. The molecule has 0 bridgehead atoms. The van der Waals surface area contributed by atoms with Crippen LogP contribution in [0, 0.1) is 11.3 Å². The highest BCUT2D eigenvalue weighted by Crippen LogP contribution is 2.70. The summed E-state index contributed by atoms with van der Waals surface area (Å²) in [5, 5.41) is 2.96. The van der Waals surface area contributed by atoms with Crippen LogP contribution in [0.25, 0.3) is 0 Å². The van der Waals surface area contributed by atoms with Crippen molar-refractivity contribution in [2.75, 3.05) is 6.61 Å². The SMILES string of the molecule is CC[C@]1(C(=O)N[C@H](C)COc2ccccc2)[C@@H](C)C1(Cl)Cl. The van der Waals surface area contributed by atoms with Crippen molar-refractivity contribution in [3.8, 4) is 5.75 Å². The summed E-state index contributed by atoms with van der Waals surface area (Å²) in [6.45, 7) is 6.16. The molecule has 0 spiro atoms. The van der Waals surface area contributed by atoms with E-state index in [1.807, 2.05) is 51.1 Å². The van der Waals surface area contributed by atoms with Crippen LogP contribution in [-0.4, -0.2) is 22.9 Å². The fraction of sp³-hybridized carbons (Fsp3) is 0.562. The molecule has 21 heavy (non-hydrogen) atoms. The second-order valence-corrected chi connectivity index (χ2v) is 7.05. The van der Waals surface area contributed by atoms with Crippen LogP contribution in [0.1, 0.15) is 27.2 Å². The van der Waals surface area contributed by atoms with Crippen LogP contribution in [0.2, 0.25) is 0 Å². The van der Waals surface area contributed by atoms with Gasteiger partial charge in [0.1, 0.15) is 16.7 Å². The highest BCUT2D eigenvalue weighted by molar-refractivity contribution is 6.53. The standard InChI is InChI=1S/C16H21Cl2NO2/c1-4-15(12(3)16(15,17)18)14(20)19-11(2)10-21-13-8-6-5-7-9-13/h5-9,11-12H,4,10H2,1-3H3,(H,19,20)/t11-,12-,15-/m1/s1. The first-order valence-corrected chi connectivity index (χ1v) is 7.98. The van der Waals surface area contributed by atoms with Gasteiger partial charge in [0.15, 0.2) is 0 Å². The zero-order chi connectivity index (χ0) is 15.7. The Morgan fingerprint density at radius 2 is 1.95 bits per heavy atom. The van der Waals surface area contributed by atoms with Crippen molar-refractivity contribution in [1.82, 2.24) is 5.32 Å². The number of hydrogen-bond acceptors (Lipinski definition) is 2. The molecule has 3 atom stereocenters. The van der Waals surface area contributed by atoms with Crippen molar-refractivity contribution in [3.63, 3.8) is 0 Å². The fourth-order valence-corrected chi connectivity index (χ4v) is 3.85. The summed E-state index contributed by atoms with van der Waals surface area (Å²) in [6, 6.07) is 9.40. The largest absolute Gasteiger partial charge is 0.491 e. The van der Waals surface area contributed by atoms with E-state index in [2.05, 4.69) is 5.32 Å². The molecule has 5 heteroatoms. The van der Waals surface area contributed by atoms with Crippen LogP contribution >= 0.6 is 23.2 Å². The lowest BCUT2D eigenvalue weighted by atomic mass is 9.99. The highest BCUT2D eigenvalue weighted by Gasteiger charge is 2.76. The predicted molar refractivity (Wildman–Crippen MR) is 85.9 cm³/mol. The van der Waals surface area contributed by atoms with Gasteiger partial charge < -0.3 is 10.1 Å². The molecular formula is C16H21Cl2NO2. The normalized spacial score (nSPS) is 27.8.